The molecule has 3 heteroatoms. The third kappa shape index (κ3) is 1.97. The van der Waals surface area contributed by atoms with Gasteiger partial charge in [-0.25, -0.2) is 0 Å². The highest BCUT2D eigenvalue weighted by molar-refractivity contribution is 5.80. The van der Waals surface area contributed by atoms with Crippen LogP contribution in [0, 0.1) is 0 Å². The summed E-state index contributed by atoms with van der Waals surface area (Å²) in [5, 5.41) is 0. The predicted molar refractivity (Wildman–Crippen MR) is 46.6 cm³/mol. The molecule has 0 unspecified atom stereocenters. The summed E-state index contributed by atoms with van der Waals surface area (Å²) in [4.78, 5) is 11.4. The Morgan fingerprint density at radius 1 is 1.50 bits per heavy atom. The highest BCUT2D eigenvalue weighted by Crippen LogP contribution is 2.28. The van der Waals surface area contributed by atoms with Crippen LogP contribution in [-0.4, -0.2) is 18.1 Å². The first-order chi connectivity index (χ1) is 5.69. The van der Waals surface area contributed by atoms with Crippen LogP contribution < -0.4 is 5.73 Å². The van der Waals surface area contributed by atoms with Crippen LogP contribution in [0.1, 0.15) is 39.0 Å². The molecule has 1 aliphatic rings. The van der Waals surface area contributed by atoms with E-state index < -0.39 is 5.54 Å². The molecule has 0 aromatic rings. The summed E-state index contributed by atoms with van der Waals surface area (Å²) in [5.41, 5.74) is 5.21. The van der Waals surface area contributed by atoms with Crippen LogP contribution in [0.15, 0.2) is 0 Å². The zero-order chi connectivity index (χ0) is 9.03. The molecule has 0 aromatic carbocycles. The molecule has 0 amide bonds. The fourth-order valence-electron chi connectivity index (χ4n) is 1.55. The van der Waals surface area contributed by atoms with E-state index >= 15 is 0 Å². The van der Waals surface area contributed by atoms with Crippen molar-refractivity contribution in [3.63, 3.8) is 0 Å². The fraction of sp³-hybridized carbons (Fsp3) is 0.889. The van der Waals surface area contributed by atoms with Crippen molar-refractivity contribution >= 4 is 5.97 Å². The number of hydrogen-bond donors (Lipinski definition) is 1. The number of carbonyl (C=O) groups excluding carboxylic acids is 1. The van der Waals surface area contributed by atoms with Crippen molar-refractivity contribution in [3.8, 4) is 0 Å². The summed E-state index contributed by atoms with van der Waals surface area (Å²) in [6.07, 6.45) is 4.54. The third-order valence-corrected chi connectivity index (χ3v) is 2.34. The second-order valence-electron chi connectivity index (χ2n) is 3.50. The molecule has 1 aliphatic carbocycles. The van der Waals surface area contributed by atoms with Crippen molar-refractivity contribution in [2.45, 2.75) is 44.6 Å². The molecule has 0 aliphatic heterocycles. The number of hydrogen-bond acceptors (Lipinski definition) is 3. The molecule has 1 fully saturated rings. The van der Waals surface area contributed by atoms with Gasteiger partial charge in [-0.2, -0.15) is 0 Å². The van der Waals surface area contributed by atoms with Crippen molar-refractivity contribution in [2.75, 3.05) is 6.61 Å². The van der Waals surface area contributed by atoms with Crippen LogP contribution in [-0.2, 0) is 9.53 Å². The lowest BCUT2D eigenvalue weighted by Gasteiger charge is -2.20. The Morgan fingerprint density at radius 3 is 2.58 bits per heavy atom. The maximum absolute atomic E-state index is 11.4. The highest BCUT2D eigenvalue weighted by atomic mass is 16.5. The zero-order valence-electron chi connectivity index (χ0n) is 7.64. The Labute approximate surface area is 73.3 Å². The van der Waals surface area contributed by atoms with E-state index in [1.165, 1.54) is 0 Å². The molecule has 0 bridgehead atoms. The fourth-order valence-corrected chi connectivity index (χ4v) is 1.55. The minimum atomic E-state index is -0.658. The zero-order valence-corrected chi connectivity index (χ0v) is 7.64. The lowest BCUT2D eigenvalue weighted by molar-refractivity contribution is -0.149. The SMILES string of the molecule is CCCOC(=O)C1(N)CCCC1. The van der Waals surface area contributed by atoms with Crippen LogP contribution in [0.3, 0.4) is 0 Å². The second kappa shape index (κ2) is 3.90. The average Bonchev–Trinajstić information content (AvgIpc) is 2.49. The maximum Gasteiger partial charge on any atom is 0.326 e. The minimum Gasteiger partial charge on any atom is -0.464 e. The van der Waals surface area contributed by atoms with Crippen molar-refractivity contribution in [1.82, 2.24) is 0 Å². The molecule has 0 saturated heterocycles. The van der Waals surface area contributed by atoms with Gasteiger partial charge in [0.25, 0.3) is 0 Å². The Bertz CT molecular complexity index is 162. The second-order valence-corrected chi connectivity index (χ2v) is 3.50. The number of nitrogens with two attached hydrogens (primary N) is 1. The van der Waals surface area contributed by atoms with Crippen molar-refractivity contribution < 1.29 is 9.53 Å². The third-order valence-electron chi connectivity index (χ3n) is 2.34. The minimum absolute atomic E-state index is 0.207. The van der Waals surface area contributed by atoms with E-state index in [1.54, 1.807) is 0 Å². The van der Waals surface area contributed by atoms with Gasteiger partial charge in [-0.3, -0.25) is 4.79 Å². The van der Waals surface area contributed by atoms with Gasteiger partial charge in [0.1, 0.15) is 5.54 Å². The molecule has 0 atom stereocenters. The van der Waals surface area contributed by atoms with Gasteiger partial charge < -0.3 is 10.5 Å². The van der Waals surface area contributed by atoms with Crippen LogP contribution in [0.2, 0.25) is 0 Å². The van der Waals surface area contributed by atoms with Gasteiger partial charge in [-0.05, 0) is 19.3 Å². The maximum atomic E-state index is 11.4. The normalized spacial score (nSPS) is 20.8. The van der Waals surface area contributed by atoms with Crippen LogP contribution in [0.5, 0.6) is 0 Å². The van der Waals surface area contributed by atoms with E-state index in [0.717, 1.165) is 32.1 Å². The Kier molecular flexibility index (Phi) is 3.09. The molecule has 1 rings (SSSR count). The largest absolute Gasteiger partial charge is 0.464 e. The summed E-state index contributed by atoms with van der Waals surface area (Å²) in [7, 11) is 0. The van der Waals surface area contributed by atoms with Gasteiger partial charge >= 0.3 is 5.97 Å². The monoisotopic (exact) mass is 171 g/mol. The molecular weight excluding hydrogens is 154 g/mol. The van der Waals surface area contributed by atoms with Crippen molar-refractivity contribution in [2.24, 2.45) is 5.73 Å². The van der Waals surface area contributed by atoms with E-state index in [1.807, 2.05) is 6.92 Å². The van der Waals surface area contributed by atoms with E-state index in [2.05, 4.69) is 0 Å². The van der Waals surface area contributed by atoms with Crippen molar-refractivity contribution in [1.29, 1.82) is 0 Å². The average molecular weight is 171 g/mol. The van der Waals surface area contributed by atoms with Crippen LogP contribution in [0.4, 0.5) is 0 Å². The van der Waals surface area contributed by atoms with E-state index in [9.17, 15) is 4.79 Å². The molecule has 0 radical (unpaired) electrons. The summed E-state index contributed by atoms with van der Waals surface area (Å²) < 4.78 is 5.01. The molecule has 0 spiro atoms. The molecule has 1 saturated carbocycles. The van der Waals surface area contributed by atoms with Gasteiger partial charge in [-0.1, -0.05) is 19.8 Å². The quantitative estimate of drug-likeness (QED) is 0.649. The number of esters is 1. The Morgan fingerprint density at radius 2 is 2.08 bits per heavy atom. The summed E-state index contributed by atoms with van der Waals surface area (Å²) >= 11 is 0. The smallest absolute Gasteiger partial charge is 0.326 e. The van der Waals surface area contributed by atoms with Crippen molar-refractivity contribution in [3.05, 3.63) is 0 Å². The Balaban J connectivity index is 2.39. The van der Waals surface area contributed by atoms with E-state index in [4.69, 9.17) is 10.5 Å². The van der Waals surface area contributed by atoms with Crippen LogP contribution >= 0.6 is 0 Å². The lowest BCUT2D eigenvalue weighted by atomic mass is 10.00. The number of carbonyl (C=O) groups is 1. The molecule has 0 heterocycles. The predicted octanol–water partition coefficient (Wildman–Crippen LogP) is 1.21. The standard InChI is InChI=1S/C9H17NO2/c1-2-7-12-8(11)9(10)5-3-4-6-9/h2-7,10H2,1H3. The first-order valence-electron chi connectivity index (χ1n) is 4.65. The molecule has 12 heavy (non-hydrogen) atoms. The number of ether oxygens (including phenoxy) is 1. The topological polar surface area (TPSA) is 52.3 Å². The first-order valence-corrected chi connectivity index (χ1v) is 4.65. The summed E-state index contributed by atoms with van der Waals surface area (Å²) in [5.74, 6) is -0.207. The van der Waals surface area contributed by atoms with Crippen LogP contribution in [0.25, 0.3) is 0 Å². The van der Waals surface area contributed by atoms with Gasteiger partial charge in [0.05, 0.1) is 6.61 Å². The first kappa shape index (κ1) is 9.52. The molecular formula is C9H17NO2. The van der Waals surface area contributed by atoms with E-state index in [-0.39, 0.29) is 5.97 Å². The Hall–Kier alpha value is -0.570. The van der Waals surface area contributed by atoms with Gasteiger partial charge in [0.15, 0.2) is 0 Å². The molecule has 0 aromatic heterocycles. The number of rotatable bonds is 3. The lowest BCUT2D eigenvalue weighted by Crippen LogP contribution is -2.46. The highest BCUT2D eigenvalue weighted by Gasteiger charge is 2.38. The van der Waals surface area contributed by atoms with Gasteiger partial charge in [-0.15, -0.1) is 0 Å². The van der Waals surface area contributed by atoms with Gasteiger partial charge in [0, 0.05) is 0 Å². The molecule has 3 nitrogen and oxygen atoms in total. The summed E-state index contributed by atoms with van der Waals surface area (Å²) in [6, 6.07) is 0. The molecule has 2 N–H and O–H groups in total. The molecule has 70 valence electrons. The summed E-state index contributed by atoms with van der Waals surface area (Å²) in [6.45, 7) is 2.48. The van der Waals surface area contributed by atoms with Gasteiger partial charge in [0.2, 0.25) is 0 Å². The van der Waals surface area contributed by atoms with E-state index in [0.29, 0.717) is 6.61 Å².